The average Bonchev–Trinajstić information content (AvgIpc) is 2.19. The van der Waals surface area contributed by atoms with Crippen LogP contribution in [0.2, 0.25) is 0 Å². The van der Waals surface area contributed by atoms with Gasteiger partial charge in [-0.25, -0.2) is 4.39 Å². The first kappa shape index (κ1) is 10.5. The minimum Gasteiger partial charge on any atom is -0.319 e. The molecule has 0 aliphatic heterocycles. The van der Waals surface area contributed by atoms with Crippen molar-refractivity contribution in [3.05, 3.63) is 46.1 Å². The van der Waals surface area contributed by atoms with Crippen LogP contribution in [0.5, 0.6) is 0 Å². The van der Waals surface area contributed by atoms with E-state index in [1.165, 1.54) is 12.1 Å². The third kappa shape index (κ3) is 2.73. The molecule has 0 amide bonds. The van der Waals surface area contributed by atoms with Gasteiger partial charge in [0.1, 0.15) is 5.82 Å². The first-order chi connectivity index (χ1) is 6.77. The fourth-order valence-electron chi connectivity index (χ4n) is 1.17. The summed E-state index contributed by atoms with van der Waals surface area (Å²) in [5.41, 5.74) is 9.14. The molecule has 0 radical (unpaired) electrons. The molecule has 1 atom stereocenters. The summed E-state index contributed by atoms with van der Waals surface area (Å²) in [6.07, 6.45) is 0. The molecule has 0 saturated carbocycles. The second-order valence-electron chi connectivity index (χ2n) is 2.83. The van der Waals surface area contributed by atoms with E-state index < -0.39 is 0 Å². The van der Waals surface area contributed by atoms with E-state index in [9.17, 15) is 4.39 Å². The maximum absolute atomic E-state index is 12.6. The first-order valence-corrected chi connectivity index (χ1v) is 4.22. The molecule has 1 aromatic rings. The minimum atomic E-state index is -0.294. The van der Waals surface area contributed by atoms with Gasteiger partial charge in [0.05, 0.1) is 6.04 Å². The zero-order valence-corrected chi connectivity index (χ0v) is 7.81. The van der Waals surface area contributed by atoms with Crippen LogP contribution in [0.4, 0.5) is 4.39 Å². The first-order valence-electron chi connectivity index (χ1n) is 4.22. The molecule has 1 aromatic carbocycles. The van der Waals surface area contributed by atoms with Crippen LogP contribution >= 0.6 is 0 Å². The van der Waals surface area contributed by atoms with Gasteiger partial charge in [-0.2, -0.15) is 0 Å². The molecule has 0 aliphatic carbocycles. The molecule has 0 spiro atoms. The van der Waals surface area contributed by atoms with Crippen LogP contribution in [0.3, 0.4) is 0 Å². The van der Waals surface area contributed by atoms with Crippen molar-refractivity contribution >= 4 is 0 Å². The van der Waals surface area contributed by atoms with Crippen molar-refractivity contribution in [1.29, 1.82) is 0 Å². The van der Waals surface area contributed by atoms with Crippen LogP contribution in [0.1, 0.15) is 11.6 Å². The van der Waals surface area contributed by atoms with Gasteiger partial charge >= 0.3 is 0 Å². The topological polar surface area (TPSA) is 60.8 Å². The number of hydrogen-bond donors (Lipinski definition) is 1. The molecule has 0 saturated heterocycles. The second kappa shape index (κ2) is 5.21. The monoisotopic (exact) mass is 194 g/mol. The molecule has 1 unspecified atom stereocenters. The Morgan fingerprint density at radius 1 is 1.50 bits per heavy atom. The summed E-state index contributed by atoms with van der Waals surface area (Å²) >= 11 is 0. The Labute approximate surface area is 81.4 Å². The van der Waals surface area contributed by atoms with E-state index in [1.807, 2.05) is 0 Å². The smallest absolute Gasteiger partial charge is 0.123 e. The number of likely N-dealkylation sites (N-methyl/N-ethyl adjacent to an activating group) is 1. The number of rotatable bonds is 4. The number of nitrogens with one attached hydrogen (secondary N) is 1. The summed E-state index contributed by atoms with van der Waals surface area (Å²) in [6.45, 7) is 0.537. The lowest BCUT2D eigenvalue weighted by atomic mass is 10.1. The van der Waals surface area contributed by atoms with Gasteiger partial charge in [-0.05, 0) is 30.3 Å². The Bertz CT molecular complexity index is 329. The van der Waals surface area contributed by atoms with E-state index in [-0.39, 0.29) is 11.9 Å². The standard InChI is InChI=1S/C9H11FN4/c1-12-6-9(13-14-11)7-2-4-8(10)5-3-7/h2-5,9,12H,6H2,1H3. The van der Waals surface area contributed by atoms with Crippen molar-refractivity contribution in [3.8, 4) is 0 Å². The van der Waals surface area contributed by atoms with Crippen LogP contribution < -0.4 is 5.32 Å². The van der Waals surface area contributed by atoms with E-state index in [1.54, 1.807) is 19.2 Å². The molecule has 74 valence electrons. The SMILES string of the molecule is CNCC(N=[N+]=[N-])c1ccc(F)cc1. The molecule has 4 nitrogen and oxygen atoms in total. The highest BCUT2D eigenvalue weighted by Crippen LogP contribution is 2.16. The molecular weight excluding hydrogens is 183 g/mol. The Kier molecular flexibility index (Phi) is 3.91. The summed E-state index contributed by atoms with van der Waals surface area (Å²) in [6, 6.07) is 5.65. The van der Waals surface area contributed by atoms with E-state index in [2.05, 4.69) is 15.3 Å². The maximum Gasteiger partial charge on any atom is 0.123 e. The van der Waals surface area contributed by atoms with Gasteiger partial charge in [-0.1, -0.05) is 17.2 Å². The van der Waals surface area contributed by atoms with E-state index in [0.29, 0.717) is 6.54 Å². The molecule has 14 heavy (non-hydrogen) atoms. The third-order valence-corrected chi connectivity index (χ3v) is 1.84. The predicted molar refractivity (Wildman–Crippen MR) is 52.2 cm³/mol. The number of halogens is 1. The van der Waals surface area contributed by atoms with Crippen LogP contribution in [-0.2, 0) is 0 Å². The number of benzene rings is 1. The molecule has 5 heteroatoms. The quantitative estimate of drug-likeness (QED) is 0.446. The van der Waals surface area contributed by atoms with Crippen LogP contribution in [0.25, 0.3) is 10.4 Å². The molecule has 0 aromatic heterocycles. The highest BCUT2D eigenvalue weighted by atomic mass is 19.1. The van der Waals surface area contributed by atoms with Gasteiger partial charge in [0.25, 0.3) is 0 Å². The molecular formula is C9H11FN4. The Hall–Kier alpha value is -1.58. The van der Waals surface area contributed by atoms with Crippen LogP contribution in [0.15, 0.2) is 29.4 Å². The molecule has 0 bridgehead atoms. The van der Waals surface area contributed by atoms with Crippen molar-refractivity contribution in [2.45, 2.75) is 6.04 Å². The zero-order valence-electron chi connectivity index (χ0n) is 7.81. The average molecular weight is 194 g/mol. The van der Waals surface area contributed by atoms with Crippen LogP contribution in [0, 0.1) is 5.82 Å². The van der Waals surface area contributed by atoms with Crippen molar-refractivity contribution in [2.24, 2.45) is 5.11 Å². The van der Waals surface area contributed by atoms with Gasteiger partial charge < -0.3 is 5.32 Å². The minimum absolute atomic E-state index is 0.286. The Morgan fingerprint density at radius 2 is 2.14 bits per heavy atom. The fourth-order valence-corrected chi connectivity index (χ4v) is 1.17. The van der Waals surface area contributed by atoms with Crippen molar-refractivity contribution < 1.29 is 4.39 Å². The molecule has 0 aliphatic rings. The van der Waals surface area contributed by atoms with E-state index >= 15 is 0 Å². The molecule has 1 rings (SSSR count). The maximum atomic E-state index is 12.6. The lowest BCUT2D eigenvalue weighted by Gasteiger charge is -2.09. The van der Waals surface area contributed by atoms with Crippen molar-refractivity contribution in [3.63, 3.8) is 0 Å². The van der Waals surface area contributed by atoms with Crippen molar-refractivity contribution in [1.82, 2.24) is 5.32 Å². The van der Waals surface area contributed by atoms with Gasteiger partial charge in [0.15, 0.2) is 0 Å². The van der Waals surface area contributed by atoms with Gasteiger partial charge in [0, 0.05) is 11.5 Å². The molecule has 0 heterocycles. The summed E-state index contributed by atoms with van der Waals surface area (Å²) in [4.78, 5) is 2.74. The summed E-state index contributed by atoms with van der Waals surface area (Å²) in [5.74, 6) is -0.294. The Morgan fingerprint density at radius 3 is 2.64 bits per heavy atom. The van der Waals surface area contributed by atoms with Gasteiger partial charge in [-0.15, -0.1) is 0 Å². The predicted octanol–water partition coefficient (Wildman–Crippen LogP) is 2.40. The molecule has 0 fully saturated rings. The zero-order chi connectivity index (χ0) is 10.4. The summed E-state index contributed by atoms with van der Waals surface area (Å²) in [7, 11) is 1.77. The second-order valence-corrected chi connectivity index (χ2v) is 2.83. The summed E-state index contributed by atoms with van der Waals surface area (Å²) in [5, 5.41) is 6.52. The van der Waals surface area contributed by atoms with Crippen molar-refractivity contribution in [2.75, 3.05) is 13.6 Å². The largest absolute Gasteiger partial charge is 0.319 e. The lowest BCUT2D eigenvalue weighted by Crippen LogP contribution is -2.15. The van der Waals surface area contributed by atoms with E-state index in [0.717, 1.165) is 5.56 Å². The lowest BCUT2D eigenvalue weighted by molar-refractivity contribution is 0.619. The van der Waals surface area contributed by atoms with Crippen LogP contribution in [-0.4, -0.2) is 13.6 Å². The number of nitrogens with zero attached hydrogens (tertiary/aromatic N) is 3. The van der Waals surface area contributed by atoms with E-state index in [4.69, 9.17) is 5.53 Å². The number of azide groups is 1. The molecule has 1 N–H and O–H groups in total. The highest BCUT2D eigenvalue weighted by Gasteiger charge is 2.07. The fraction of sp³-hybridized carbons (Fsp3) is 0.333. The van der Waals surface area contributed by atoms with Gasteiger partial charge in [0.2, 0.25) is 0 Å². The Balaban J connectivity index is 2.87. The third-order valence-electron chi connectivity index (χ3n) is 1.84. The highest BCUT2D eigenvalue weighted by molar-refractivity contribution is 5.20. The number of hydrogen-bond acceptors (Lipinski definition) is 2. The van der Waals surface area contributed by atoms with Gasteiger partial charge in [-0.3, -0.25) is 0 Å². The normalized spacial score (nSPS) is 11.9. The summed E-state index contributed by atoms with van der Waals surface area (Å²) < 4.78 is 12.6.